The van der Waals surface area contributed by atoms with Gasteiger partial charge in [0.2, 0.25) is 0 Å². The highest BCUT2D eigenvalue weighted by Gasteiger charge is 2.20. The van der Waals surface area contributed by atoms with Gasteiger partial charge in [0.25, 0.3) is 0 Å². The van der Waals surface area contributed by atoms with Crippen molar-refractivity contribution in [2.24, 2.45) is 0 Å². The second-order valence-electron chi connectivity index (χ2n) is 4.38. The molecule has 88 valence electrons. The van der Waals surface area contributed by atoms with Crippen LogP contribution in [-0.2, 0) is 6.54 Å². The largest absolute Gasteiger partial charge is 0.384 e. The Labute approximate surface area is 106 Å². The zero-order valence-corrected chi connectivity index (χ0v) is 10.5. The Hall–Kier alpha value is -1.32. The van der Waals surface area contributed by atoms with Gasteiger partial charge in [0.15, 0.2) is 0 Å². The third kappa shape index (κ3) is 2.35. The van der Waals surface area contributed by atoms with Crippen LogP contribution in [-0.4, -0.2) is 13.1 Å². The Kier molecular flexibility index (Phi) is 3.12. The van der Waals surface area contributed by atoms with Crippen molar-refractivity contribution in [2.75, 3.05) is 18.4 Å². The first-order chi connectivity index (χ1) is 8.43. The minimum absolute atomic E-state index is 0.603. The number of benzene rings is 1. The monoisotopic (exact) mass is 244 g/mol. The Morgan fingerprint density at radius 1 is 1.24 bits per heavy atom. The molecule has 0 amide bonds. The average Bonchev–Trinajstić information content (AvgIpc) is 2.99. The number of para-hydroxylation sites is 1. The standard InChI is InChI=1S/C14H16N2S/c1-2-6-14-13(5-1)11(9-16-14)8-15-10-12-4-3-7-17-12/h1-7,11,15-16H,8-10H2. The third-order valence-corrected chi connectivity index (χ3v) is 4.09. The van der Waals surface area contributed by atoms with Gasteiger partial charge >= 0.3 is 0 Å². The van der Waals surface area contributed by atoms with Crippen molar-refractivity contribution in [3.05, 3.63) is 52.2 Å². The Morgan fingerprint density at radius 2 is 2.18 bits per heavy atom. The molecule has 1 aliphatic heterocycles. The highest BCUT2D eigenvalue weighted by molar-refractivity contribution is 7.09. The molecule has 0 fully saturated rings. The SMILES string of the molecule is c1csc(CNCC2CNc3ccccc32)c1. The first-order valence-electron chi connectivity index (χ1n) is 5.99. The van der Waals surface area contributed by atoms with Gasteiger partial charge in [-0.2, -0.15) is 0 Å². The van der Waals surface area contributed by atoms with Crippen molar-refractivity contribution in [3.8, 4) is 0 Å². The molecule has 1 unspecified atom stereocenters. The van der Waals surface area contributed by atoms with E-state index >= 15 is 0 Å². The average molecular weight is 244 g/mol. The molecule has 3 heteroatoms. The van der Waals surface area contributed by atoms with Crippen molar-refractivity contribution in [1.29, 1.82) is 0 Å². The predicted molar refractivity (Wildman–Crippen MR) is 73.7 cm³/mol. The van der Waals surface area contributed by atoms with E-state index in [4.69, 9.17) is 0 Å². The molecule has 17 heavy (non-hydrogen) atoms. The lowest BCUT2D eigenvalue weighted by Gasteiger charge is -2.10. The molecule has 0 saturated heterocycles. The molecule has 1 aromatic heterocycles. The zero-order valence-electron chi connectivity index (χ0n) is 9.65. The maximum atomic E-state index is 3.54. The van der Waals surface area contributed by atoms with Gasteiger partial charge in [-0.3, -0.25) is 0 Å². The van der Waals surface area contributed by atoms with Gasteiger partial charge in [0, 0.05) is 36.1 Å². The quantitative estimate of drug-likeness (QED) is 0.864. The molecule has 1 aliphatic rings. The van der Waals surface area contributed by atoms with E-state index < -0.39 is 0 Å². The molecule has 2 heterocycles. The lowest BCUT2D eigenvalue weighted by atomic mass is 10.0. The lowest BCUT2D eigenvalue weighted by Crippen LogP contribution is -2.21. The smallest absolute Gasteiger partial charge is 0.0376 e. The predicted octanol–water partition coefficient (Wildman–Crippen LogP) is 3.05. The van der Waals surface area contributed by atoms with E-state index in [2.05, 4.69) is 52.4 Å². The molecule has 0 saturated carbocycles. The molecule has 2 aromatic rings. The molecule has 2 N–H and O–H groups in total. The van der Waals surface area contributed by atoms with Crippen molar-refractivity contribution in [2.45, 2.75) is 12.5 Å². The summed E-state index contributed by atoms with van der Waals surface area (Å²) in [6.07, 6.45) is 0. The summed E-state index contributed by atoms with van der Waals surface area (Å²) in [5, 5.41) is 9.13. The number of hydrogen-bond donors (Lipinski definition) is 2. The van der Waals surface area contributed by atoms with E-state index in [1.54, 1.807) is 0 Å². The summed E-state index contributed by atoms with van der Waals surface area (Å²) in [7, 11) is 0. The molecule has 0 aliphatic carbocycles. The number of rotatable bonds is 4. The van der Waals surface area contributed by atoms with Gasteiger partial charge in [0.1, 0.15) is 0 Å². The molecule has 2 nitrogen and oxygen atoms in total. The van der Waals surface area contributed by atoms with Crippen LogP contribution in [0, 0.1) is 0 Å². The zero-order chi connectivity index (χ0) is 11.5. The van der Waals surface area contributed by atoms with Crippen LogP contribution < -0.4 is 10.6 Å². The second-order valence-corrected chi connectivity index (χ2v) is 5.41. The summed E-state index contributed by atoms with van der Waals surface area (Å²) >= 11 is 1.81. The molecule has 1 atom stereocenters. The van der Waals surface area contributed by atoms with Crippen LogP contribution in [0.3, 0.4) is 0 Å². The van der Waals surface area contributed by atoms with E-state index in [9.17, 15) is 0 Å². The second kappa shape index (κ2) is 4.90. The van der Waals surface area contributed by atoms with E-state index in [1.165, 1.54) is 16.1 Å². The number of anilines is 1. The van der Waals surface area contributed by atoms with E-state index in [-0.39, 0.29) is 0 Å². The molecule has 1 aromatic carbocycles. The molecule has 0 bridgehead atoms. The van der Waals surface area contributed by atoms with Crippen molar-refractivity contribution in [3.63, 3.8) is 0 Å². The Balaban J connectivity index is 1.57. The van der Waals surface area contributed by atoms with Crippen LogP contribution in [0.1, 0.15) is 16.4 Å². The molecular weight excluding hydrogens is 228 g/mol. The first-order valence-corrected chi connectivity index (χ1v) is 6.87. The number of thiophene rings is 1. The number of nitrogens with one attached hydrogen (secondary N) is 2. The van der Waals surface area contributed by atoms with Gasteiger partial charge in [-0.05, 0) is 23.1 Å². The summed E-state index contributed by atoms with van der Waals surface area (Å²) in [5.74, 6) is 0.603. The van der Waals surface area contributed by atoms with Crippen LogP contribution in [0.25, 0.3) is 0 Å². The maximum absolute atomic E-state index is 3.54. The Morgan fingerprint density at radius 3 is 3.06 bits per heavy atom. The van der Waals surface area contributed by atoms with Crippen LogP contribution in [0.5, 0.6) is 0 Å². The highest BCUT2D eigenvalue weighted by Crippen LogP contribution is 2.30. The maximum Gasteiger partial charge on any atom is 0.0376 e. The summed E-state index contributed by atoms with van der Waals surface area (Å²) in [5.41, 5.74) is 2.75. The number of fused-ring (bicyclic) bond motifs is 1. The molecule has 0 spiro atoms. The van der Waals surface area contributed by atoms with Crippen LogP contribution >= 0.6 is 11.3 Å². The normalized spacial score (nSPS) is 17.8. The minimum atomic E-state index is 0.603. The van der Waals surface area contributed by atoms with Crippen molar-refractivity contribution < 1.29 is 0 Å². The van der Waals surface area contributed by atoms with Gasteiger partial charge in [-0.1, -0.05) is 24.3 Å². The number of hydrogen-bond acceptors (Lipinski definition) is 3. The minimum Gasteiger partial charge on any atom is -0.384 e. The van der Waals surface area contributed by atoms with Crippen LogP contribution in [0.2, 0.25) is 0 Å². The van der Waals surface area contributed by atoms with Gasteiger partial charge < -0.3 is 10.6 Å². The summed E-state index contributed by atoms with van der Waals surface area (Å²) in [4.78, 5) is 1.41. The third-order valence-electron chi connectivity index (χ3n) is 3.21. The van der Waals surface area contributed by atoms with Gasteiger partial charge in [-0.15, -0.1) is 11.3 Å². The highest BCUT2D eigenvalue weighted by atomic mass is 32.1. The first kappa shape index (κ1) is 10.8. The fourth-order valence-electron chi connectivity index (χ4n) is 2.32. The molecule has 3 rings (SSSR count). The molecule has 0 radical (unpaired) electrons. The summed E-state index contributed by atoms with van der Waals surface area (Å²) in [6.45, 7) is 3.08. The summed E-state index contributed by atoms with van der Waals surface area (Å²) in [6, 6.07) is 12.9. The van der Waals surface area contributed by atoms with Crippen LogP contribution in [0.15, 0.2) is 41.8 Å². The van der Waals surface area contributed by atoms with E-state index in [0.29, 0.717) is 5.92 Å². The van der Waals surface area contributed by atoms with Crippen molar-refractivity contribution >= 4 is 17.0 Å². The fraction of sp³-hybridized carbons (Fsp3) is 0.286. The lowest BCUT2D eigenvalue weighted by molar-refractivity contribution is 0.617. The topological polar surface area (TPSA) is 24.1 Å². The molecular formula is C14H16N2S. The van der Waals surface area contributed by atoms with Gasteiger partial charge in [-0.25, -0.2) is 0 Å². The van der Waals surface area contributed by atoms with E-state index in [1.807, 2.05) is 11.3 Å². The summed E-state index contributed by atoms with van der Waals surface area (Å²) < 4.78 is 0. The van der Waals surface area contributed by atoms with Gasteiger partial charge in [0.05, 0.1) is 0 Å². The van der Waals surface area contributed by atoms with E-state index in [0.717, 1.165) is 19.6 Å². The Bertz CT molecular complexity index is 479. The van der Waals surface area contributed by atoms with Crippen molar-refractivity contribution in [1.82, 2.24) is 5.32 Å². The fourth-order valence-corrected chi connectivity index (χ4v) is 3.00. The van der Waals surface area contributed by atoms with Crippen LogP contribution in [0.4, 0.5) is 5.69 Å².